The molecule has 0 saturated carbocycles. The van der Waals surface area contributed by atoms with Crippen molar-refractivity contribution < 1.29 is 18.7 Å². The van der Waals surface area contributed by atoms with Crippen LogP contribution in [0, 0.1) is 0 Å². The second-order valence-corrected chi connectivity index (χ2v) is 6.94. The van der Waals surface area contributed by atoms with Crippen LogP contribution in [0.25, 0.3) is 11.0 Å². The smallest absolute Gasteiger partial charge is 0.349 e. The summed E-state index contributed by atoms with van der Waals surface area (Å²) >= 11 is 0. The summed E-state index contributed by atoms with van der Waals surface area (Å²) in [6.45, 7) is 8.08. The molecule has 1 aromatic carbocycles. The molecule has 1 aliphatic rings. The van der Waals surface area contributed by atoms with Gasteiger partial charge in [0.25, 0.3) is 5.91 Å². The number of methoxy groups -OCH3 is 1. The molecule has 0 N–H and O–H groups in total. The number of hydrogen-bond donors (Lipinski definition) is 0. The summed E-state index contributed by atoms with van der Waals surface area (Å²) in [5.41, 5.74) is -0.125. The van der Waals surface area contributed by atoms with E-state index in [4.69, 9.17) is 13.9 Å². The molecule has 2 heterocycles. The molecule has 0 spiro atoms. The van der Waals surface area contributed by atoms with Crippen molar-refractivity contribution >= 4 is 16.9 Å². The Kier molecular flexibility index (Phi) is 6.13. The maximum atomic E-state index is 12.8. The van der Waals surface area contributed by atoms with E-state index in [9.17, 15) is 9.59 Å². The molecule has 0 unspecified atom stereocenters. The van der Waals surface area contributed by atoms with E-state index in [1.165, 1.54) is 0 Å². The van der Waals surface area contributed by atoms with Crippen LogP contribution in [0.4, 0.5) is 0 Å². The lowest BCUT2D eigenvalue weighted by atomic mass is 10.1. The molecule has 146 valence electrons. The third-order valence-electron chi connectivity index (χ3n) is 4.58. The monoisotopic (exact) mass is 374 g/mol. The first-order valence-electron chi connectivity index (χ1n) is 9.23. The Morgan fingerprint density at radius 1 is 1.19 bits per heavy atom. The second kappa shape index (κ2) is 8.54. The fourth-order valence-electron chi connectivity index (χ4n) is 3.15. The zero-order valence-electron chi connectivity index (χ0n) is 16.1. The highest BCUT2D eigenvalue weighted by Crippen LogP contribution is 2.22. The summed E-state index contributed by atoms with van der Waals surface area (Å²) in [6, 6.07) is 6.90. The average Bonchev–Trinajstić information content (AvgIpc) is 2.65. The quantitative estimate of drug-likeness (QED) is 0.720. The van der Waals surface area contributed by atoms with Crippen LogP contribution in [0.15, 0.2) is 33.5 Å². The van der Waals surface area contributed by atoms with Crippen molar-refractivity contribution in [3.05, 3.63) is 40.2 Å². The van der Waals surface area contributed by atoms with E-state index in [1.807, 2.05) is 19.9 Å². The van der Waals surface area contributed by atoms with Gasteiger partial charge in [-0.25, -0.2) is 4.79 Å². The van der Waals surface area contributed by atoms with Gasteiger partial charge >= 0.3 is 5.63 Å². The topological polar surface area (TPSA) is 72.2 Å². The minimum Gasteiger partial charge on any atom is -0.491 e. The second-order valence-electron chi connectivity index (χ2n) is 6.94. The maximum Gasteiger partial charge on any atom is 0.349 e. The lowest BCUT2D eigenvalue weighted by Gasteiger charge is -2.34. The van der Waals surface area contributed by atoms with Crippen molar-refractivity contribution in [3.8, 4) is 5.75 Å². The number of amides is 1. The van der Waals surface area contributed by atoms with Crippen molar-refractivity contribution in [3.63, 3.8) is 0 Å². The largest absolute Gasteiger partial charge is 0.491 e. The molecule has 0 bridgehead atoms. The van der Waals surface area contributed by atoms with Gasteiger partial charge in [0, 0.05) is 51.3 Å². The molecule has 7 heteroatoms. The van der Waals surface area contributed by atoms with Gasteiger partial charge in [-0.15, -0.1) is 0 Å². The molecule has 27 heavy (non-hydrogen) atoms. The Morgan fingerprint density at radius 2 is 1.93 bits per heavy atom. The number of piperazine rings is 1. The van der Waals surface area contributed by atoms with Crippen LogP contribution in [0.5, 0.6) is 5.75 Å². The van der Waals surface area contributed by atoms with E-state index in [0.717, 1.165) is 19.6 Å². The molecule has 3 rings (SSSR count). The first kappa shape index (κ1) is 19.4. The van der Waals surface area contributed by atoms with E-state index in [0.29, 0.717) is 36.4 Å². The van der Waals surface area contributed by atoms with Gasteiger partial charge in [0.1, 0.15) is 16.9 Å². The number of carbonyl (C=O) groups is 1. The van der Waals surface area contributed by atoms with Crippen LogP contribution in [-0.2, 0) is 4.74 Å². The number of nitrogens with zero attached hydrogens (tertiary/aromatic N) is 2. The standard InChI is InChI=1S/C20H26N2O5/c1-14(2)26-16-5-4-15-12-17(20(24)27-18(15)13-16)19(23)22-8-6-21(7-9-22)10-11-25-3/h4-5,12-14H,6-11H2,1-3H3. The molecule has 7 nitrogen and oxygen atoms in total. The number of benzene rings is 1. The van der Waals surface area contributed by atoms with E-state index in [-0.39, 0.29) is 17.6 Å². The minimum absolute atomic E-state index is 0.0255. The van der Waals surface area contributed by atoms with Crippen LogP contribution >= 0.6 is 0 Å². The first-order valence-corrected chi connectivity index (χ1v) is 9.23. The van der Waals surface area contributed by atoms with E-state index >= 15 is 0 Å². The Bertz CT molecular complexity index is 853. The lowest BCUT2D eigenvalue weighted by Crippen LogP contribution is -2.50. The van der Waals surface area contributed by atoms with Crippen molar-refractivity contribution in [2.24, 2.45) is 0 Å². The van der Waals surface area contributed by atoms with Crippen LogP contribution < -0.4 is 10.4 Å². The highest BCUT2D eigenvalue weighted by Gasteiger charge is 2.24. The third kappa shape index (κ3) is 4.67. The van der Waals surface area contributed by atoms with Gasteiger partial charge < -0.3 is 18.8 Å². The minimum atomic E-state index is -0.615. The summed E-state index contributed by atoms with van der Waals surface area (Å²) < 4.78 is 16.1. The third-order valence-corrected chi connectivity index (χ3v) is 4.58. The van der Waals surface area contributed by atoms with Gasteiger partial charge in [-0.1, -0.05) is 0 Å². The Hall–Kier alpha value is -2.38. The molecule has 1 amide bonds. The van der Waals surface area contributed by atoms with Gasteiger partial charge in [-0.05, 0) is 32.0 Å². The predicted molar refractivity (Wildman–Crippen MR) is 102 cm³/mol. The van der Waals surface area contributed by atoms with Crippen molar-refractivity contribution in [2.75, 3.05) is 46.4 Å². The molecule has 1 aromatic heterocycles. The molecular formula is C20H26N2O5. The Labute approximate surface area is 158 Å². The Balaban J connectivity index is 1.75. The lowest BCUT2D eigenvalue weighted by molar-refractivity contribution is 0.0590. The average molecular weight is 374 g/mol. The van der Waals surface area contributed by atoms with Crippen molar-refractivity contribution in [1.29, 1.82) is 0 Å². The fraction of sp³-hybridized carbons (Fsp3) is 0.500. The number of fused-ring (bicyclic) bond motifs is 1. The maximum absolute atomic E-state index is 12.8. The molecule has 0 atom stereocenters. The molecule has 1 saturated heterocycles. The summed E-state index contributed by atoms with van der Waals surface area (Å²) in [5.74, 6) is 0.353. The first-order chi connectivity index (χ1) is 13.0. The predicted octanol–water partition coefficient (Wildman–Crippen LogP) is 1.98. The van der Waals surface area contributed by atoms with Gasteiger partial charge in [0.05, 0.1) is 12.7 Å². The zero-order valence-corrected chi connectivity index (χ0v) is 16.1. The summed E-state index contributed by atoms with van der Waals surface area (Å²) in [6.07, 6.45) is 0.0255. The number of rotatable bonds is 6. The van der Waals surface area contributed by atoms with E-state index < -0.39 is 5.63 Å². The SMILES string of the molecule is COCCN1CCN(C(=O)c2cc3ccc(OC(C)C)cc3oc2=O)CC1. The normalized spacial score (nSPS) is 15.5. The van der Waals surface area contributed by atoms with Gasteiger partial charge in [0.2, 0.25) is 0 Å². The van der Waals surface area contributed by atoms with E-state index in [2.05, 4.69) is 4.90 Å². The van der Waals surface area contributed by atoms with Gasteiger partial charge in [-0.3, -0.25) is 9.69 Å². The van der Waals surface area contributed by atoms with Gasteiger partial charge in [-0.2, -0.15) is 0 Å². The summed E-state index contributed by atoms with van der Waals surface area (Å²) in [5, 5.41) is 0.702. The van der Waals surface area contributed by atoms with E-state index in [1.54, 1.807) is 30.2 Å². The zero-order chi connectivity index (χ0) is 19.4. The number of carbonyl (C=O) groups excluding carboxylic acids is 1. The highest BCUT2D eigenvalue weighted by molar-refractivity contribution is 5.96. The number of hydrogen-bond acceptors (Lipinski definition) is 6. The molecular weight excluding hydrogens is 348 g/mol. The van der Waals surface area contributed by atoms with Crippen molar-refractivity contribution in [1.82, 2.24) is 9.80 Å². The molecule has 0 aliphatic carbocycles. The molecule has 2 aromatic rings. The van der Waals surface area contributed by atoms with Crippen LogP contribution in [0.2, 0.25) is 0 Å². The molecule has 0 radical (unpaired) electrons. The summed E-state index contributed by atoms with van der Waals surface area (Å²) in [7, 11) is 1.68. The van der Waals surface area contributed by atoms with Crippen LogP contribution in [0.3, 0.4) is 0 Å². The van der Waals surface area contributed by atoms with Gasteiger partial charge in [0.15, 0.2) is 0 Å². The highest BCUT2D eigenvalue weighted by atomic mass is 16.5. The van der Waals surface area contributed by atoms with Crippen molar-refractivity contribution in [2.45, 2.75) is 20.0 Å². The fourth-order valence-corrected chi connectivity index (χ4v) is 3.15. The van der Waals surface area contributed by atoms with Crippen LogP contribution in [0.1, 0.15) is 24.2 Å². The molecule has 1 fully saturated rings. The summed E-state index contributed by atoms with van der Waals surface area (Å²) in [4.78, 5) is 29.1. The number of ether oxygens (including phenoxy) is 2. The molecule has 1 aliphatic heterocycles. The van der Waals surface area contributed by atoms with Crippen LogP contribution in [-0.4, -0.2) is 68.3 Å². The Morgan fingerprint density at radius 3 is 2.59 bits per heavy atom.